The Bertz CT molecular complexity index is 1810. The molecule has 0 saturated heterocycles. The predicted octanol–water partition coefficient (Wildman–Crippen LogP) is 11.2. The van der Waals surface area contributed by atoms with Crippen molar-refractivity contribution in [3.63, 3.8) is 0 Å². The number of hydrogen-bond acceptors (Lipinski definition) is 5. The van der Waals surface area contributed by atoms with Gasteiger partial charge in [-0.15, -0.1) is 0 Å². The van der Waals surface area contributed by atoms with Gasteiger partial charge in [-0.3, -0.25) is 0 Å². The molecule has 0 atom stereocenters. The highest BCUT2D eigenvalue weighted by Crippen LogP contribution is 2.51. The largest absolute Gasteiger partial charge is 0.355 e. The fraction of sp³-hybridized carbons (Fsp3) is 0. The van der Waals surface area contributed by atoms with Crippen molar-refractivity contribution in [2.24, 2.45) is 0 Å². The van der Waals surface area contributed by atoms with Crippen LogP contribution in [0.15, 0.2) is 153 Å². The molecule has 0 aromatic heterocycles. The molecule has 0 aliphatic carbocycles. The zero-order valence-corrected chi connectivity index (χ0v) is 23.7. The van der Waals surface area contributed by atoms with E-state index in [1.54, 1.807) is 0 Å². The Labute approximate surface area is 248 Å². The van der Waals surface area contributed by atoms with Crippen molar-refractivity contribution in [2.75, 3.05) is 16.0 Å². The maximum atomic E-state index is 3.83. The molecule has 3 N–H and O–H groups in total. The van der Waals surface area contributed by atoms with Crippen LogP contribution in [0.1, 0.15) is 0 Å². The summed E-state index contributed by atoms with van der Waals surface area (Å²) in [6.45, 7) is 0. The Morgan fingerprint density at radius 1 is 0.366 bits per heavy atom. The molecular formula is C36H25N3S2. The topological polar surface area (TPSA) is 36.1 Å². The average Bonchev–Trinajstić information content (AvgIpc) is 3.03. The smallest absolute Gasteiger partial charge is 0.0532 e. The first-order valence-electron chi connectivity index (χ1n) is 13.6. The molecular weight excluding hydrogens is 539 g/mol. The molecule has 2 aliphatic heterocycles. The first kappa shape index (κ1) is 24.2. The minimum absolute atomic E-state index is 1.08. The molecule has 2 heterocycles. The van der Waals surface area contributed by atoms with E-state index in [1.165, 1.54) is 41.8 Å². The fourth-order valence-electron chi connectivity index (χ4n) is 5.54. The number of fused-ring (bicyclic) bond motifs is 4. The highest BCUT2D eigenvalue weighted by Gasteiger charge is 2.22. The second-order valence-electron chi connectivity index (χ2n) is 10.0. The highest BCUT2D eigenvalue weighted by atomic mass is 32.2. The molecule has 0 saturated carbocycles. The van der Waals surface area contributed by atoms with Crippen LogP contribution in [0.5, 0.6) is 0 Å². The molecule has 0 unspecified atom stereocenters. The Hall–Kier alpha value is -4.58. The lowest BCUT2D eigenvalue weighted by Gasteiger charge is -2.25. The third-order valence-electron chi connectivity index (χ3n) is 7.47. The van der Waals surface area contributed by atoms with E-state index in [2.05, 4.69) is 149 Å². The van der Waals surface area contributed by atoms with Gasteiger partial charge in [-0.1, -0.05) is 108 Å². The van der Waals surface area contributed by atoms with Gasteiger partial charge in [0, 0.05) is 42.1 Å². The van der Waals surface area contributed by atoms with E-state index < -0.39 is 0 Å². The summed E-state index contributed by atoms with van der Waals surface area (Å²) in [5.74, 6) is 0. The van der Waals surface area contributed by atoms with Crippen molar-refractivity contribution >= 4 is 57.6 Å². The third-order valence-corrected chi connectivity index (χ3v) is 9.91. The number of hydrogen-bond donors (Lipinski definition) is 3. The zero-order chi connectivity index (χ0) is 27.2. The van der Waals surface area contributed by atoms with Crippen LogP contribution >= 0.6 is 23.5 Å². The van der Waals surface area contributed by atoms with Gasteiger partial charge in [-0.05, 0) is 59.7 Å². The van der Waals surface area contributed by atoms with E-state index >= 15 is 0 Å². The van der Waals surface area contributed by atoms with Gasteiger partial charge in [0.25, 0.3) is 0 Å². The molecule has 5 heteroatoms. The van der Waals surface area contributed by atoms with Gasteiger partial charge in [0.2, 0.25) is 0 Å². The summed E-state index contributed by atoms with van der Waals surface area (Å²) in [4.78, 5) is 4.97. The Kier molecular flexibility index (Phi) is 5.98. The Morgan fingerprint density at radius 2 is 0.756 bits per heavy atom. The molecule has 0 bridgehead atoms. The lowest BCUT2D eigenvalue weighted by atomic mass is 10.00. The second kappa shape index (κ2) is 10.1. The zero-order valence-electron chi connectivity index (χ0n) is 22.0. The third kappa shape index (κ3) is 4.34. The van der Waals surface area contributed by atoms with Crippen LogP contribution in [0.2, 0.25) is 0 Å². The summed E-state index contributed by atoms with van der Waals surface area (Å²) in [6, 6.07) is 47.3. The summed E-state index contributed by atoms with van der Waals surface area (Å²) in [7, 11) is 0. The van der Waals surface area contributed by atoms with Gasteiger partial charge in [-0.2, -0.15) is 0 Å². The molecule has 3 nitrogen and oxygen atoms in total. The summed E-state index contributed by atoms with van der Waals surface area (Å²) >= 11 is 3.66. The van der Waals surface area contributed by atoms with Crippen LogP contribution in [0.3, 0.4) is 0 Å². The van der Waals surface area contributed by atoms with E-state index in [4.69, 9.17) is 0 Å². The summed E-state index contributed by atoms with van der Waals surface area (Å²) < 4.78 is 0. The van der Waals surface area contributed by atoms with E-state index in [0.717, 1.165) is 34.1 Å². The number of benzene rings is 6. The number of para-hydroxylation sites is 4. The van der Waals surface area contributed by atoms with Crippen LogP contribution in [-0.2, 0) is 0 Å². The predicted molar refractivity (Wildman–Crippen MR) is 175 cm³/mol. The molecule has 196 valence electrons. The minimum Gasteiger partial charge on any atom is -0.355 e. The first-order chi connectivity index (χ1) is 20.3. The quantitative estimate of drug-likeness (QED) is 0.198. The molecule has 6 aromatic rings. The van der Waals surface area contributed by atoms with E-state index in [0.29, 0.717) is 0 Å². The maximum absolute atomic E-state index is 3.83. The number of nitrogens with one attached hydrogen (secondary N) is 3. The van der Waals surface area contributed by atoms with Crippen molar-refractivity contribution in [1.82, 2.24) is 0 Å². The summed E-state index contributed by atoms with van der Waals surface area (Å²) in [5.41, 5.74) is 11.5. The molecule has 0 amide bonds. The second-order valence-corrected chi connectivity index (χ2v) is 12.1. The minimum atomic E-state index is 1.08. The van der Waals surface area contributed by atoms with Gasteiger partial charge >= 0.3 is 0 Å². The fourth-order valence-corrected chi connectivity index (χ4v) is 7.77. The monoisotopic (exact) mass is 563 g/mol. The molecule has 0 spiro atoms. The van der Waals surface area contributed by atoms with Gasteiger partial charge in [0.05, 0.1) is 22.7 Å². The van der Waals surface area contributed by atoms with E-state index in [1.807, 2.05) is 23.5 Å². The molecule has 8 rings (SSSR count). The van der Waals surface area contributed by atoms with Crippen LogP contribution in [0.25, 0.3) is 22.3 Å². The summed E-state index contributed by atoms with van der Waals surface area (Å²) in [5, 5.41) is 11.1. The van der Waals surface area contributed by atoms with Crippen LogP contribution in [0.4, 0.5) is 34.1 Å². The van der Waals surface area contributed by atoms with Crippen LogP contribution in [-0.4, -0.2) is 0 Å². The molecule has 0 fully saturated rings. The van der Waals surface area contributed by atoms with Gasteiger partial charge in [0.1, 0.15) is 0 Å². The van der Waals surface area contributed by atoms with E-state index in [9.17, 15) is 0 Å². The standard InChI is InChI=1S/C36H25N3S2/c1-3-15-27(23(11-1)25-13-9-19-31-35(25)40-33-21-7-5-17-29(33)38-31)37-28-16-4-2-12-24(28)26-14-10-20-32-36(26)41-34-22-8-6-18-30(34)39-32/h1-22,37-39H. The van der Waals surface area contributed by atoms with Crippen molar-refractivity contribution in [2.45, 2.75) is 19.6 Å². The highest BCUT2D eigenvalue weighted by molar-refractivity contribution is 8.00. The Morgan fingerprint density at radius 3 is 1.27 bits per heavy atom. The molecule has 2 aliphatic rings. The number of anilines is 6. The molecule has 41 heavy (non-hydrogen) atoms. The van der Waals surface area contributed by atoms with E-state index in [-0.39, 0.29) is 0 Å². The van der Waals surface area contributed by atoms with Gasteiger partial charge < -0.3 is 16.0 Å². The van der Waals surface area contributed by atoms with Crippen LogP contribution in [0, 0.1) is 0 Å². The van der Waals surface area contributed by atoms with Gasteiger partial charge in [0.15, 0.2) is 0 Å². The van der Waals surface area contributed by atoms with Crippen molar-refractivity contribution in [3.8, 4) is 22.3 Å². The molecule has 6 aromatic carbocycles. The van der Waals surface area contributed by atoms with Crippen molar-refractivity contribution in [3.05, 3.63) is 133 Å². The van der Waals surface area contributed by atoms with Crippen molar-refractivity contribution in [1.29, 1.82) is 0 Å². The van der Waals surface area contributed by atoms with Crippen LogP contribution < -0.4 is 16.0 Å². The maximum Gasteiger partial charge on any atom is 0.0532 e. The van der Waals surface area contributed by atoms with Gasteiger partial charge in [-0.25, -0.2) is 0 Å². The SMILES string of the molecule is c1ccc2c(c1)Nc1cccc(-c3ccccc3Nc3ccccc3-c3cccc4c3Sc3ccccc3N4)c1S2. The summed E-state index contributed by atoms with van der Waals surface area (Å²) in [6.07, 6.45) is 0. The number of rotatable bonds is 4. The first-order valence-corrected chi connectivity index (χ1v) is 15.2. The molecule has 0 radical (unpaired) electrons. The lowest BCUT2D eigenvalue weighted by molar-refractivity contribution is 1.31. The average molecular weight is 564 g/mol. The lowest BCUT2D eigenvalue weighted by Crippen LogP contribution is -2.03. The van der Waals surface area contributed by atoms with Crippen molar-refractivity contribution < 1.29 is 0 Å². The Balaban J connectivity index is 1.19. The normalized spacial score (nSPS) is 12.6.